The van der Waals surface area contributed by atoms with Crippen molar-refractivity contribution in [2.75, 3.05) is 0 Å². The molecule has 0 amide bonds. The predicted molar refractivity (Wildman–Crippen MR) is 65.0 cm³/mol. The van der Waals surface area contributed by atoms with E-state index in [9.17, 15) is 0 Å². The second-order valence-corrected chi connectivity index (χ2v) is 4.53. The van der Waals surface area contributed by atoms with Crippen LogP contribution >= 0.6 is 0 Å². The summed E-state index contributed by atoms with van der Waals surface area (Å²) in [6.07, 6.45) is 1.41. The summed E-state index contributed by atoms with van der Waals surface area (Å²) in [4.78, 5) is 1.44. The van der Waals surface area contributed by atoms with Crippen molar-refractivity contribution in [1.29, 1.82) is 0 Å². The van der Waals surface area contributed by atoms with E-state index < -0.39 is 0 Å². The largest absolute Gasteiger partial charge is 0.488 e. The first kappa shape index (κ1) is 11.2. The minimum Gasteiger partial charge on any atom is -0.488 e. The summed E-state index contributed by atoms with van der Waals surface area (Å²) < 4.78 is 5.84. The topological polar surface area (TPSA) is 78.9 Å². The molecule has 6 heteroatoms. The molecular formula is C12H15N5O. The molecule has 0 spiro atoms. The van der Waals surface area contributed by atoms with Gasteiger partial charge in [-0.2, -0.15) is 4.80 Å². The third-order valence-electron chi connectivity index (χ3n) is 3.12. The molecule has 2 atom stereocenters. The molecule has 6 nitrogen and oxygen atoms in total. The third kappa shape index (κ3) is 2.06. The van der Waals surface area contributed by atoms with Crippen molar-refractivity contribution < 1.29 is 4.74 Å². The highest BCUT2D eigenvalue weighted by atomic mass is 16.5. The average Bonchev–Trinajstić information content (AvgIpc) is 2.95. The van der Waals surface area contributed by atoms with Gasteiger partial charge in [0, 0.05) is 18.9 Å². The number of fused-ring (bicyclic) bond motifs is 1. The number of para-hydroxylation sites is 1. The zero-order valence-corrected chi connectivity index (χ0v) is 10.2. The molecule has 0 saturated carbocycles. The van der Waals surface area contributed by atoms with Gasteiger partial charge in [0.25, 0.3) is 0 Å². The summed E-state index contributed by atoms with van der Waals surface area (Å²) in [7, 11) is 1.74. The molecule has 0 aliphatic carbocycles. The Kier molecular flexibility index (Phi) is 2.71. The normalized spacial score (nSPS) is 19.3. The minimum atomic E-state index is -0.124. The van der Waals surface area contributed by atoms with E-state index in [1.54, 1.807) is 7.05 Å². The van der Waals surface area contributed by atoms with Gasteiger partial charge in [-0.15, -0.1) is 10.2 Å². The Bertz CT molecular complexity index is 528. The maximum atomic E-state index is 6.16. The molecule has 1 aromatic heterocycles. The molecule has 0 bridgehead atoms. The van der Waals surface area contributed by atoms with Crippen molar-refractivity contribution in [2.24, 2.45) is 12.8 Å². The third-order valence-corrected chi connectivity index (χ3v) is 3.12. The number of ether oxygens (including phenoxy) is 1. The monoisotopic (exact) mass is 245 g/mol. The van der Waals surface area contributed by atoms with Crippen LogP contribution in [0, 0.1) is 0 Å². The lowest BCUT2D eigenvalue weighted by atomic mass is 10.0. The Labute approximate surface area is 105 Å². The summed E-state index contributed by atoms with van der Waals surface area (Å²) in [5.74, 6) is 1.59. The van der Waals surface area contributed by atoms with Crippen LogP contribution in [0.2, 0.25) is 0 Å². The lowest BCUT2D eigenvalue weighted by Crippen LogP contribution is -2.40. The van der Waals surface area contributed by atoms with Crippen LogP contribution < -0.4 is 10.5 Å². The van der Waals surface area contributed by atoms with Crippen LogP contribution in [0.15, 0.2) is 24.3 Å². The number of nitrogens with two attached hydrogens (primary N) is 1. The van der Waals surface area contributed by atoms with Gasteiger partial charge in [-0.05, 0) is 16.8 Å². The zero-order valence-electron chi connectivity index (χ0n) is 10.2. The van der Waals surface area contributed by atoms with Crippen molar-refractivity contribution in [3.05, 3.63) is 35.7 Å². The van der Waals surface area contributed by atoms with Gasteiger partial charge < -0.3 is 10.5 Å². The maximum absolute atomic E-state index is 6.16. The molecule has 3 rings (SSSR count). The van der Waals surface area contributed by atoms with Crippen LogP contribution in [-0.4, -0.2) is 32.4 Å². The van der Waals surface area contributed by atoms with E-state index in [1.807, 2.05) is 18.2 Å². The molecule has 1 aliphatic rings. The van der Waals surface area contributed by atoms with Gasteiger partial charge in [0.2, 0.25) is 0 Å². The van der Waals surface area contributed by atoms with E-state index in [0.29, 0.717) is 12.2 Å². The molecule has 0 saturated heterocycles. The van der Waals surface area contributed by atoms with Crippen LogP contribution in [-0.2, 0) is 19.9 Å². The molecule has 0 fully saturated rings. The van der Waals surface area contributed by atoms with Crippen molar-refractivity contribution >= 4 is 0 Å². The van der Waals surface area contributed by atoms with Crippen LogP contribution in [0.25, 0.3) is 0 Å². The fourth-order valence-corrected chi connectivity index (χ4v) is 2.20. The Morgan fingerprint density at radius 3 is 3.06 bits per heavy atom. The number of nitrogens with zero attached hydrogens (tertiary/aromatic N) is 4. The first-order valence-corrected chi connectivity index (χ1v) is 5.95. The Morgan fingerprint density at radius 2 is 2.33 bits per heavy atom. The lowest BCUT2D eigenvalue weighted by Gasteiger charge is -2.17. The number of hydrogen-bond acceptors (Lipinski definition) is 5. The number of aryl methyl sites for hydroxylation is 1. The molecule has 2 heterocycles. The molecule has 0 radical (unpaired) electrons. The van der Waals surface area contributed by atoms with Gasteiger partial charge in [0.15, 0.2) is 5.82 Å². The van der Waals surface area contributed by atoms with Crippen LogP contribution in [0.4, 0.5) is 0 Å². The highest BCUT2D eigenvalue weighted by Gasteiger charge is 2.28. The predicted octanol–water partition coefficient (Wildman–Crippen LogP) is 0.0836. The first-order valence-electron chi connectivity index (χ1n) is 5.95. The zero-order chi connectivity index (χ0) is 12.5. The smallest absolute Gasteiger partial charge is 0.176 e. The van der Waals surface area contributed by atoms with Gasteiger partial charge in [0.05, 0.1) is 7.05 Å². The van der Waals surface area contributed by atoms with Gasteiger partial charge in [-0.3, -0.25) is 0 Å². The van der Waals surface area contributed by atoms with E-state index in [1.165, 1.54) is 10.4 Å². The molecule has 2 unspecified atom stereocenters. The summed E-state index contributed by atoms with van der Waals surface area (Å²) in [6.45, 7) is 0. The molecule has 1 aliphatic heterocycles. The molecule has 18 heavy (non-hydrogen) atoms. The van der Waals surface area contributed by atoms with E-state index >= 15 is 0 Å². The van der Waals surface area contributed by atoms with E-state index in [2.05, 4.69) is 21.5 Å². The van der Waals surface area contributed by atoms with Crippen LogP contribution in [0.5, 0.6) is 5.75 Å². The van der Waals surface area contributed by atoms with Crippen molar-refractivity contribution in [3.63, 3.8) is 0 Å². The van der Waals surface area contributed by atoms with Gasteiger partial charge in [0.1, 0.15) is 11.9 Å². The van der Waals surface area contributed by atoms with E-state index in [0.717, 1.165) is 12.2 Å². The van der Waals surface area contributed by atoms with Crippen molar-refractivity contribution in [2.45, 2.75) is 25.0 Å². The van der Waals surface area contributed by atoms with Crippen molar-refractivity contribution in [3.8, 4) is 5.75 Å². The van der Waals surface area contributed by atoms with E-state index in [4.69, 9.17) is 10.5 Å². The summed E-state index contributed by atoms with van der Waals surface area (Å²) in [6, 6.07) is 7.91. The number of rotatable bonds is 3. The van der Waals surface area contributed by atoms with Gasteiger partial charge in [-0.1, -0.05) is 18.2 Å². The quantitative estimate of drug-likeness (QED) is 0.828. The van der Waals surface area contributed by atoms with Crippen LogP contribution in [0.1, 0.15) is 11.4 Å². The second kappa shape index (κ2) is 4.38. The number of hydrogen-bond donors (Lipinski definition) is 1. The number of tetrazole rings is 1. The summed E-state index contributed by atoms with van der Waals surface area (Å²) >= 11 is 0. The fourth-order valence-electron chi connectivity index (χ4n) is 2.20. The Hall–Kier alpha value is -1.95. The SMILES string of the molecule is Cn1nnc(CC(N)C2Cc3ccccc3O2)n1. The summed E-state index contributed by atoms with van der Waals surface area (Å²) in [5.41, 5.74) is 7.37. The molecule has 2 aromatic rings. The summed E-state index contributed by atoms with van der Waals surface area (Å²) in [5, 5.41) is 11.9. The second-order valence-electron chi connectivity index (χ2n) is 4.53. The molecule has 94 valence electrons. The fraction of sp³-hybridized carbons (Fsp3) is 0.417. The molecule has 2 N–H and O–H groups in total. The highest BCUT2D eigenvalue weighted by molar-refractivity contribution is 5.37. The Balaban J connectivity index is 1.67. The lowest BCUT2D eigenvalue weighted by molar-refractivity contribution is 0.197. The van der Waals surface area contributed by atoms with E-state index in [-0.39, 0.29) is 12.1 Å². The maximum Gasteiger partial charge on any atom is 0.176 e. The number of benzene rings is 1. The molecule has 1 aromatic carbocycles. The minimum absolute atomic E-state index is 0.00814. The molecular weight excluding hydrogens is 230 g/mol. The van der Waals surface area contributed by atoms with Crippen LogP contribution in [0.3, 0.4) is 0 Å². The first-order chi connectivity index (χ1) is 8.72. The van der Waals surface area contributed by atoms with Gasteiger partial charge >= 0.3 is 0 Å². The van der Waals surface area contributed by atoms with Gasteiger partial charge in [-0.25, -0.2) is 0 Å². The Morgan fingerprint density at radius 1 is 1.50 bits per heavy atom. The number of aromatic nitrogens is 4. The average molecular weight is 245 g/mol. The highest BCUT2D eigenvalue weighted by Crippen LogP contribution is 2.29. The van der Waals surface area contributed by atoms with Crippen molar-refractivity contribution in [1.82, 2.24) is 20.2 Å². The standard InChI is InChI=1S/C12H15N5O/c1-17-15-12(14-16-17)7-9(13)11-6-8-4-2-3-5-10(8)18-11/h2-5,9,11H,6-7,13H2,1H3.